The highest BCUT2D eigenvalue weighted by Gasteiger charge is 2.50. The number of nitrogens with two attached hydrogens (primary N) is 1. The van der Waals surface area contributed by atoms with E-state index in [1.165, 1.54) is 49.6 Å². The highest BCUT2D eigenvalue weighted by molar-refractivity contribution is 7.88. The first-order valence-corrected chi connectivity index (χ1v) is 30.9. The number of benzene rings is 4. The lowest BCUT2D eigenvalue weighted by Crippen LogP contribution is -2.56. The van der Waals surface area contributed by atoms with Gasteiger partial charge in [0.1, 0.15) is 30.0 Å². The van der Waals surface area contributed by atoms with Crippen molar-refractivity contribution in [2.45, 2.75) is 108 Å². The number of hydrogen-bond donors (Lipinski definition) is 1. The summed E-state index contributed by atoms with van der Waals surface area (Å²) < 4.78 is 75.7. The van der Waals surface area contributed by atoms with Gasteiger partial charge < -0.3 is 30.1 Å². The molecule has 2 saturated carbocycles. The number of nitrogens with zero attached hydrogens (tertiary/aromatic N) is 6. The molecule has 6 atom stereocenters. The molecule has 8 rings (SSSR count). The van der Waals surface area contributed by atoms with Crippen LogP contribution in [0.25, 0.3) is 0 Å². The molecule has 4 aromatic carbocycles. The quantitative estimate of drug-likeness (QED) is 0.0701. The summed E-state index contributed by atoms with van der Waals surface area (Å²) in [6.07, 6.45) is 10.8. The molecule has 79 heavy (non-hydrogen) atoms. The van der Waals surface area contributed by atoms with E-state index in [2.05, 4.69) is 6.92 Å². The summed E-state index contributed by atoms with van der Waals surface area (Å²) in [4.78, 5) is 69.7. The van der Waals surface area contributed by atoms with Crippen LogP contribution in [0.2, 0.25) is 0 Å². The van der Waals surface area contributed by atoms with Crippen molar-refractivity contribution in [2.75, 3.05) is 79.0 Å². The van der Waals surface area contributed by atoms with E-state index in [9.17, 15) is 49.6 Å². The van der Waals surface area contributed by atoms with Crippen LogP contribution in [-0.2, 0) is 34.4 Å². The van der Waals surface area contributed by atoms with E-state index in [-0.39, 0.29) is 85.5 Å². The normalized spacial score (nSPS) is 21.9. The summed E-state index contributed by atoms with van der Waals surface area (Å²) in [5, 5.41) is 0. The second kappa shape index (κ2) is 27.5. The van der Waals surface area contributed by atoms with Crippen LogP contribution in [0, 0.1) is 17.0 Å². The Labute approximate surface area is 466 Å². The second-order valence-corrected chi connectivity index (χ2v) is 26.0. The molecule has 0 radical (unpaired) electrons. The lowest BCUT2D eigenvalue weighted by atomic mass is 9.94. The van der Waals surface area contributed by atoms with Crippen LogP contribution in [0.15, 0.2) is 109 Å². The number of carbonyl (C=O) groups excluding carboxylic acids is 5. The Balaban J connectivity index is 0.000000218. The Morgan fingerprint density at radius 2 is 0.962 bits per heavy atom. The lowest BCUT2D eigenvalue weighted by molar-refractivity contribution is -0.138. The van der Waals surface area contributed by atoms with E-state index in [4.69, 9.17) is 5.73 Å². The van der Waals surface area contributed by atoms with Crippen molar-refractivity contribution in [2.24, 2.45) is 11.1 Å². The number of rotatable bonds is 20. The fraction of sp³-hybridized carbons (Fsp3) is 0.508. The van der Waals surface area contributed by atoms with Crippen molar-refractivity contribution in [1.82, 2.24) is 28.2 Å². The smallest absolute Gasteiger partial charge is 0.254 e. The number of unbranched alkanes of at least 4 members (excludes halogenated alkanes) is 3. The topological polar surface area (TPSA) is 199 Å². The summed E-state index contributed by atoms with van der Waals surface area (Å²) in [6, 6.07) is 29.8. The monoisotopic (exact) mass is 1130 g/mol. The van der Waals surface area contributed by atoms with Gasteiger partial charge in [-0.25, -0.2) is 25.6 Å². The molecule has 2 aliphatic carbocycles. The largest absolute Gasteiger partial charge is 0.338 e. The molecule has 16 nitrogen and oxygen atoms in total. The maximum absolute atomic E-state index is 13.6. The average Bonchev–Trinajstić information content (AvgIpc) is 4.49. The van der Waals surface area contributed by atoms with E-state index in [1.54, 1.807) is 77.3 Å². The fourth-order valence-corrected chi connectivity index (χ4v) is 12.3. The molecule has 4 aromatic rings. The SMILES string of the molecule is CN(C(=O)c1ccccc1)[C@@H](CCCC=O)C(=O)N1CCN(S(C)(=O)=O)CC1.CN(C(=O)c1ccccc1)[C@@H](CCCCC[C@]1(C)C[C@H]1c1ccc(F)cc1)C(=O)N1CCN(S(C)(=O)=O)CC1.C[C@@]1(N)C[C@H]1c1ccc(F)cc1. The molecule has 4 amide bonds. The molecular formula is C59H79F2N7O9S2. The molecule has 0 bridgehead atoms. The third-order valence-corrected chi connectivity index (χ3v) is 18.5. The summed E-state index contributed by atoms with van der Waals surface area (Å²) in [5.41, 5.74) is 9.43. The predicted octanol–water partition coefficient (Wildman–Crippen LogP) is 7.15. The number of carbonyl (C=O) groups is 5. The molecular weight excluding hydrogens is 1050 g/mol. The third-order valence-electron chi connectivity index (χ3n) is 15.9. The van der Waals surface area contributed by atoms with Crippen molar-refractivity contribution in [3.8, 4) is 0 Å². The minimum Gasteiger partial charge on any atom is -0.338 e. The van der Waals surface area contributed by atoms with Crippen molar-refractivity contribution >= 4 is 50.0 Å². The fourth-order valence-electron chi connectivity index (χ4n) is 10.6. The Kier molecular flexibility index (Phi) is 21.7. The first-order chi connectivity index (χ1) is 37.3. The van der Waals surface area contributed by atoms with Gasteiger partial charge in [-0.1, -0.05) is 86.8 Å². The maximum Gasteiger partial charge on any atom is 0.254 e. The average molecular weight is 1130 g/mol. The molecule has 0 aromatic heterocycles. The number of halogens is 2. The minimum absolute atomic E-state index is 0.0577. The van der Waals surface area contributed by atoms with E-state index >= 15 is 0 Å². The van der Waals surface area contributed by atoms with Gasteiger partial charge in [-0.15, -0.1) is 0 Å². The van der Waals surface area contributed by atoms with Crippen LogP contribution in [0.5, 0.6) is 0 Å². The number of aldehydes is 1. The van der Waals surface area contributed by atoms with Gasteiger partial charge in [0.15, 0.2) is 0 Å². The van der Waals surface area contributed by atoms with Crippen LogP contribution in [0.3, 0.4) is 0 Å². The molecule has 4 aliphatic rings. The van der Waals surface area contributed by atoms with Crippen molar-refractivity contribution in [3.05, 3.63) is 143 Å². The highest BCUT2D eigenvalue weighted by atomic mass is 32.2. The zero-order valence-electron chi connectivity index (χ0n) is 46.5. The summed E-state index contributed by atoms with van der Waals surface area (Å²) in [6.45, 7) is 6.52. The van der Waals surface area contributed by atoms with Crippen molar-refractivity contribution < 1.29 is 49.6 Å². The van der Waals surface area contributed by atoms with Gasteiger partial charge in [0.25, 0.3) is 11.8 Å². The van der Waals surface area contributed by atoms with Gasteiger partial charge in [0, 0.05) is 95.5 Å². The number of likely N-dealkylation sites (N-methyl/N-ethyl adjacent to an activating group) is 2. The Morgan fingerprint density at radius 1 is 0.582 bits per heavy atom. The van der Waals surface area contributed by atoms with Crippen LogP contribution in [0.1, 0.15) is 122 Å². The zero-order chi connectivity index (χ0) is 57.7. The number of sulfonamides is 2. The zero-order valence-corrected chi connectivity index (χ0v) is 48.1. The first-order valence-electron chi connectivity index (χ1n) is 27.2. The van der Waals surface area contributed by atoms with E-state index in [1.807, 2.05) is 43.3 Å². The molecule has 2 aliphatic heterocycles. The van der Waals surface area contributed by atoms with Crippen LogP contribution in [-0.4, -0.2) is 172 Å². The standard InChI is InChI=1S/C30H40FN3O4S.C19H27N3O5S.C10H12FN/c1-30(22-26(30)23-13-15-25(31)16-14-23)17-9-5-8-12-27(32(2)28(35)24-10-6-4-7-11-24)29(36)33-18-20-34(21-19-33)39(3,37)38;1-20(18(24)16-8-4-3-5-9-16)17(10-6-7-15-23)19(25)21-11-13-22(14-12-21)28(2,26)27;1-10(12)6-9(10)7-2-4-8(11)5-3-7/h4,6-7,10-11,13-16,26-27H,5,8-9,12,17-22H2,1-3H3;3-5,8-9,15,17H,6-7,10-14H2,1-2H3;2-5,9H,6,12H2,1H3/t26-,27-,30+;17-;9-,10+/m000/s1. The molecule has 0 spiro atoms. The molecule has 20 heteroatoms. The van der Waals surface area contributed by atoms with Crippen LogP contribution >= 0.6 is 0 Å². The molecule has 430 valence electrons. The van der Waals surface area contributed by atoms with Crippen LogP contribution in [0.4, 0.5) is 8.78 Å². The number of piperazine rings is 2. The molecule has 2 heterocycles. The second-order valence-electron chi connectivity index (χ2n) is 22.0. The summed E-state index contributed by atoms with van der Waals surface area (Å²) in [5.74, 6) is -0.301. The third kappa shape index (κ3) is 17.5. The number of hydrogen-bond acceptors (Lipinski definition) is 10. The van der Waals surface area contributed by atoms with Gasteiger partial charge in [0.05, 0.1) is 12.5 Å². The van der Waals surface area contributed by atoms with Gasteiger partial charge in [-0.3, -0.25) is 19.2 Å². The number of amides is 4. The van der Waals surface area contributed by atoms with Crippen molar-refractivity contribution in [1.29, 1.82) is 0 Å². The van der Waals surface area contributed by atoms with E-state index in [0.29, 0.717) is 61.7 Å². The van der Waals surface area contributed by atoms with Gasteiger partial charge >= 0.3 is 0 Å². The lowest BCUT2D eigenvalue weighted by Gasteiger charge is -2.37. The molecule has 2 N–H and O–H groups in total. The summed E-state index contributed by atoms with van der Waals surface area (Å²) >= 11 is 0. The minimum atomic E-state index is -3.30. The molecule has 2 saturated heterocycles. The Hall–Kier alpha value is -5.93. The maximum atomic E-state index is 13.6. The predicted molar refractivity (Wildman–Crippen MR) is 302 cm³/mol. The highest BCUT2D eigenvalue weighted by Crippen LogP contribution is 2.62. The first kappa shape index (κ1) is 62.3. The van der Waals surface area contributed by atoms with Crippen molar-refractivity contribution in [3.63, 3.8) is 0 Å². The van der Waals surface area contributed by atoms with Gasteiger partial charge in [-0.05, 0) is 116 Å². The van der Waals surface area contributed by atoms with Crippen LogP contribution < -0.4 is 5.73 Å². The molecule has 0 unspecified atom stereocenters. The van der Waals surface area contributed by atoms with E-state index < -0.39 is 32.1 Å². The molecule has 4 fully saturated rings. The van der Waals surface area contributed by atoms with Gasteiger partial charge in [-0.2, -0.15) is 8.61 Å². The Morgan fingerprint density at radius 3 is 1.33 bits per heavy atom. The summed E-state index contributed by atoms with van der Waals surface area (Å²) in [7, 11) is -3.31. The van der Waals surface area contributed by atoms with Gasteiger partial charge in [0.2, 0.25) is 31.9 Å². The van der Waals surface area contributed by atoms with E-state index in [0.717, 1.165) is 56.6 Å². The Bertz CT molecular complexity index is 2910.